The number of anilines is 1. The van der Waals surface area contributed by atoms with Gasteiger partial charge in [-0.25, -0.2) is 9.97 Å². The van der Waals surface area contributed by atoms with Crippen LogP contribution in [-0.2, 0) is 6.42 Å². The molecule has 0 amide bonds. The molecule has 2 aromatic heterocycles. The van der Waals surface area contributed by atoms with Crippen LogP contribution in [0.15, 0.2) is 89.3 Å². The first kappa shape index (κ1) is 19.1. The summed E-state index contributed by atoms with van der Waals surface area (Å²) in [7, 11) is 0. The summed E-state index contributed by atoms with van der Waals surface area (Å²) in [6.45, 7) is 1.96. The van der Waals surface area contributed by atoms with E-state index in [1.807, 2.05) is 36.4 Å². The number of aromatic nitrogens is 2. The fraction of sp³-hybridized carbons (Fsp3) is 0.214. The van der Waals surface area contributed by atoms with Crippen molar-refractivity contribution in [2.75, 3.05) is 18.0 Å². The number of rotatable bonds is 4. The second kappa shape index (κ2) is 8.12. The van der Waals surface area contributed by atoms with Crippen LogP contribution in [0.25, 0.3) is 33.5 Å². The maximum absolute atomic E-state index is 6.28. The minimum Gasteiger partial charge on any atom is -0.450 e. The van der Waals surface area contributed by atoms with Crippen molar-refractivity contribution >= 4 is 27.9 Å². The fourth-order valence-corrected chi connectivity index (χ4v) is 4.80. The van der Waals surface area contributed by atoms with Gasteiger partial charge in [-0.2, -0.15) is 0 Å². The first-order valence-corrected chi connectivity index (χ1v) is 11.4. The van der Waals surface area contributed by atoms with Gasteiger partial charge < -0.3 is 9.32 Å². The first-order valence-electron chi connectivity index (χ1n) is 11.4. The first-order chi connectivity index (χ1) is 15.8. The lowest BCUT2D eigenvalue weighted by Gasteiger charge is -2.33. The van der Waals surface area contributed by atoms with Crippen molar-refractivity contribution in [3.05, 3.63) is 90.5 Å². The highest BCUT2D eigenvalue weighted by Crippen LogP contribution is 2.36. The van der Waals surface area contributed by atoms with E-state index in [0.717, 1.165) is 71.6 Å². The Morgan fingerprint density at radius 2 is 1.47 bits per heavy atom. The molecule has 0 bridgehead atoms. The van der Waals surface area contributed by atoms with Crippen LogP contribution in [0.3, 0.4) is 0 Å². The van der Waals surface area contributed by atoms with Crippen molar-refractivity contribution in [3.63, 3.8) is 0 Å². The smallest absolute Gasteiger partial charge is 0.196 e. The summed E-state index contributed by atoms with van der Waals surface area (Å²) in [6, 6.07) is 29.2. The van der Waals surface area contributed by atoms with Gasteiger partial charge in [0.15, 0.2) is 17.2 Å². The molecule has 1 saturated heterocycles. The zero-order valence-corrected chi connectivity index (χ0v) is 17.9. The van der Waals surface area contributed by atoms with Gasteiger partial charge in [0.25, 0.3) is 0 Å². The van der Waals surface area contributed by atoms with Crippen molar-refractivity contribution in [1.82, 2.24) is 9.97 Å². The molecule has 5 aromatic rings. The van der Waals surface area contributed by atoms with Gasteiger partial charge in [0.05, 0.1) is 0 Å². The molecule has 3 heterocycles. The Hall–Kier alpha value is -3.66. The lowest BCUT2D eigenvalue weighted by molar-refractivity contribution is 0.402. The van der Waals surface area contributed by atoms with Gasteiger partial charge in [-0.05, 0) is 42.9 Å². The number of hydrogen-bond acceptors (Lipinski definition) is 4. The Morgan fingerprint density at radius 1 is 0.781 bits per heavy atom. The van der Waals surface area contributed by atoms with Gasteiger partial charge in [0.2, 0.25) is 0 Å². The number of para-hydroxylation sites is 1. The summed E-state index contributed by atoms with van der Waals surface area (Å²) in [5, 5.41) is 1.04. The number of hydrogen-bond donors (Lipinski definition) is 0. The molecule has 0 N–H and O–H groups in total. The Labute approximate surface area is 187 Å². The lowest BCUT2D eigenvalue weighted by atomic mass is 9.90. The van der Waals surface area contributed by atoms with E-state index in [9.17, 15) is 0 Å². The zero-order chi connectivity index (χ0) is 21.3. The van der Waals surface area contributed by atoms with Gasteiger partial charge >= 0.3 is 0 Å². The third kappa shape index (κ3) is 3.52. The number of nitrogens with zero attached hydrogens (tertiary/aromatic N) is 3. The molecule has 32 heavy (non-hydrogen) atoms. The third-order valence-corrected chi connectivity index (χ3v) is 6.52. The van der Waals surface area contributed by atoms with Crippen LogP contribution in [0.5, 0.6) is 0 Å². The van der Waals surface area contributed by atoms with E-state index in [2.05, 4.69) is 53.4 Å². The maximum atomic E-state index is 6.28. The van der Waals surface area contributed by atoms with Crippen LogP contribution in [0.1, 0.15) is 18.4 Å². The van der Waals surface area contributed by atoms with Crippen LogP contribution in [0.4, 0.5) is 5.82 Å². The molecule has 0 radical (unpaired) electrons. The van der Waals surface area contributed by atoms with E-state index in [1.54, 1.807) is 0 Å². The predicted molar refractivity (Wildman–Crippen MR) is 130 cm³/mol. The summed E-state index contributed by atoms with van der Waals surface area (Å²) < 4.78 is 6.28. The maximum Gasteiger partial charge on any atom is 0.196 e. The summed E-state index contributed by atoms with van der Waals surface area (Å²) in [4.78, 5) is 12.3. The lowest BCUT2D eigenvalue weighted by Crippen LogP contribution is -2.35. The molecular formula is C28H25N3O. The molecule has 3 aromatic carbocycles. The van der Waals surface area contributed by atoms with Crippen molar-refractivity contribution in [3.8, 4) is 11.4 Å². The molecular weight excluding hydrogens is 394 g/mol. The third-order valence-electron chi connectivity index (χ3n) is 6.52. The molecule has 4 nitrogen and oxygen atoms in total. The van der Waals surface area contributed by atoms with Crippen molar-refractivity contribution in [1.29, 1.82) is 0 Å². The normalized spacial score (nSPS) is 14.9. The Kier molecular flexibility index (Phi) is 4.83. The zero-order valence-electron chi connectivity index (χ0n) is 17.9. The quantitative estimate of drug-likeness (QED) is 0.333. The minimum absolute atomic E-state index is 0.704. The molecule has 4 heteroatoms. The average Bonchev–Trinajstić information content (AvgIpc) is 3.24. The average molecular weight is 420 g/mol. The van der Waals surface area contributed by atoms with Crippen LogP contribution in [-0.4, -0.2) is 23.1 Å². The van der Waals surface area contributed by atoms with E-state index in [1.165, 1.54) is 5.56 Å². The predicted octanol–water partition coefficient (Wildman–Crippen LogP) is 6.50. The molecule has 6 rings (SSSR count). The molecule has 158 valence electrons. The number of piperidine rings is 1. The Balaban J connectivity index is 1.36. The van der Waals surface area contributed by atoms with E-state index in [-0.39, 0.29) is 0 Å². The second-order valence-corrected chi connectivity index (χ2v) is 8.63. The fourth-order valence-electron chi connectivity index (χ4n) is 4.80. The van der Waals surface area contributed by atoms with E-state index >= 15 is 0 Å². The van der Waals surface area contributed by atoms with Crippen LogP contribution < -0.4 is 4.90 Å². The largest absolute Gasteiger partial charge is 0.450 e. The van der Waals surface area contributed by atoms with Gasteiger partial charge in [0.1, 0.15) is 11.1 Å². The van der Waals surface area contributed by atoms with E-state index < -0.39 is 0 Å². The molecule has 0 saturated carbocycles. The molecule has 0 spiro atoms. The van der Waals surface area contributed by atoms with Gasteiger partial charge in [-0.1, -0.05) is 72.8 Å². The molecule has 0 unspecified atom stereocenters. The highest BCUT2D eigenvalue weighted by Gasteiger charge is 2.25. The van der Waals surface area contributed by atoms with Crippen LogP contribution in [0, 0.1) is 5.92 Å². The molecule has 0 atom stereocenters. The molecule has 1 fully saturated rings. The van der Waals surface area contributed by atoms with Crippen molar-refractivity contribution in [2.24, 2.45) is 5.92 Å². The van der Waals surface area contributed by atoms with Gasteiger partial charge in [-0.15, -0.1) is 0 Å². The Bertz CT molecular complexity index is 1350. The SMILES string of the molecule is c1ccc(CC2CCN(c3nc(-c4ccccc4)nc4c3oc3ccccc34)CC2)cc1. The van der Waals surface area contributed by atoms with E-state index in [0.29, 0.717) is 5.92 Å². The standard InChI is InChI=1S/C28H25N3O/c1-3-9-20(10-4-1)19-21-15-17-31(18-16-21)28-26-25(23-13-7-8-14-24(23)32-26)29-27(30-28)22-11-5-2-6-12-22/h1-14,21H,15-19H2. The molecule has 0 aliphatic carbocycles. The van der Waals surface area contributed by atoms with Crippen LogP contribution >= 0.6 is 0 Å². The summed E-state index contributed by atoms with van der Waals surface area (Å²) in [5.74, 6) is 2.38. The summed E-state index contributed by atoms with van der Waals surface area (Å²) >= 11 is 0. The minimum atomic E-state index is 0.704. The second-order valence-electron chi connectivity index (χ2n) is 8.63. The van der Waals surface area contributed by atoms with Gasteiger partial charge in [0, 0.05) is 24.0 Å². The number of fused-ring (bicyclic) bond motifs is 3. The topological polar surface area (TPSA) is 42.2 Å². The van der Waals surface area contributed by atoms with Crippen molar-refractivity contribution in [2.45, 2.75) is 19.3 Å². The summed E-state index contributed by atoms with van der Waals surface area (Å²) in [6.07, 6.45) is 3.45. The molecule has 1 aliphatic heterocycles. The highest BCUT2D eigenvalue weighted by atomic mass is 16.3. The summed E-state index contributed by atoms with van der Waals surface area (Å²) in [5.41, 5.74) is 5.02. The van der Waals surface area contributed by atoms with Gasteiger partial charge in [-0.3, -0.25) is 0 Å². The molecule has 1 aliphatic rings. The Morgan fingerprint density at radius 3 is 2.25 bits per heavy atom. The van der Waals surface area contributed by atoms with Crippen molar-refractivity contribution < 1.29 is 4.42 Å². The van der Waals surface area contributed by atoms with Crippen LogP contribution in [0.2, 0.25) is 0 Å². The highest BCUT2D eigenvalue weighted by molar-refractivity contribution is 6.06. The number of furan rings is 1. The number of benzene rings is 3. The van der Waals surface area contributed by atoms with E-state index in [4.69, 9.17) is 14.4 Å². The monoisotopic (exact) mass is 419 g/mol.